The van der Waals surface area contributed by atoms with Crippen LogP contribution in [0.2, 0.25) is 5.02 Å². The monoisotopic (exact) mass is 458 g/mol. The summed E-state index contributed by atoms with van der Waals surface area (Å²) in [7, 11) is 1.58. The van der Waals surface area contributed by atoms with E-state index in [1.807, 2.05) is 12.1 Å². The fraction of sp³-hybridized carbons (Fsp3) is 0.115. The fourth-order valence-corrected chi connectivity index (χ4v) is 4.30. The zero-order valence-corrected chi connectivity index (χ0v) is 18.5. The Bertz CT molecular complexity index is 1390. The molecule has 0 unspecified atom stereocenters. The number of amides is 2. The predicted octanol–water partition coefficient (Wildman–Crippen LogP) is 4.83. The van der Waals surface area contributed by atoms with Crippen molar-refractivity contribution in [3.63, 3.8) is 0 Å². The van der Waals surface area contributed by atoms with Gasteiger partial charge in [-0.25, -0.2) is 0 Å². The Hall–Kier alpha value is -3.90. The highest BCUT2D eigenvalue weighted by atomic mass is 35.5. The Labute approximate surface area is 194 Å². The number of carbonyl (C=O) groups excluding carboxylic acids is 3. The molecule has 164 valence electrons. The lowest BCUT2D eigenvalue weighted by atomic mass is 10.1. The Morgan fingerprint density at radius 1 is 0.939 bits per heavy atom. The predicted molar refractivity (Wildman–Crippen MR) is 125 cm³/mol. The van der Waals surface area contributed by atoms with E-state index < -0.39 is 0 Å². The SMILES string of the molecule is COc1ccc2c(c1)c(CCN1C(=O)c3ccccc3C1=O)cn2C(=O)c1ccc(Cl)cc1. The number of halogens is 1. The van der Waals surface area contributed by atoms with Crippen LogP contribution in [0.15, 0.2) is 72.9 Å². The van der Waals surface area contributed by atoms with Crippen LogP contribution in [0, 0.1) is 0 Å². The highest BCUT2D eigenvalue weighted by Crippen LogP contribution is 2.29. The maximum absolute atomic E-state index is 13.2. The molecule has 0 atom stereocenters. The maximum Gasteiger partial charge on any atom is 0.262 e. The van der Waals surface area contributed by atoms with E-state index in [2.05, 4.69) is 0 Å². The lowest BCUT2D eigenvalue weighted by Gasteiger charge is -2.13. The molecule has 0 N–H and O–H groups in total. The first kappa shape index (κ1) is 21.0. The van der Waals surface area contributed by atoms with Crippen molar-refractivity contribution < 1.29 is 19.1 Å². The summed E-state index contributed by atoms with van der Waals surface area (Å²) in [5, 5.41) is 1.38. The molecule has 1 aliphatic rings. The minimum Gasteiger partial charge on any atom is -0.497 e. The minimum atomic E-state index is -0.297. The van der Waals surface area contributed by atoms with Gasteiger partial charge >= 0.3 is 0 Å². The van der Waals surface area contributed by atoms with Crippen LogP contribution in [0.1, 0.15) is 36.6 Å². The van der Waals surface area contributed by atoms with Crippen molar-refractivity contribution >= 4 is 40.2 Å². The summed E-state index contributed by atoms with van der Waals surface area (Å²) in [6.07, 6.45) is 2.16. The third-order valence-corrected chi connectivity index (χ3v) is 6.14. The lowest BCUT2D eigenvalue weighted by Crippen LogP contribution is -2.31. The molecule has 0 saturated carbocycles. The van der Waals surface area contributed by atoms with Crippen LogP contribution in [-0.4, -0.2) is 40.8 Å². The van der Waals surface area contributed by atoms with E-state index in [0.717, 1.165) is 10.9 Å². The summed E-state index contributed by atoms with van der Waals surface area (Å²) in [6, 6.07) is 19.0. The van der Waals surface area contributed by atoms with Crippen LogP contribution in [0.4, 0.5) is 0 Å². The van der Waals surface area contributed by atoms with Crippen molar-refractivity contribution in [2.45, 2.75) is 6.42 Å². The van der Waals surface area contributed by atoms with Gasteiger partial charge in [0.05, 0.1) is 23.8 Å². The Balaban J connectivity index is 1.49. The summed E-state index contributed by atoms with van der Waals surface area (Å²) in [4.78, 5) is 39.9. The molecule has 2 amide bonds. The second kappa shape index (κ2) is 8.22. The van der Waals surface area contributed by atoms with Crippen LogP contribution >= 0.6 is 11.6 Å². The molecular formula is C26H19ClN2O4. The number of aromatic nitrogens is 1. The summed E-state index contributed by atoms with van der Waals surface area (Å²) in [5.74, 6) is -0.140. The van der Waals surface area contributed by atoms with Crippen LogP contribution in [0.5, 0.6) is 5.75 Å². The number of ether oxygens (including phenoxy) is 1. The molecule has 0 radical (unpaired) electrons. The van der Waals surface area contributed by atoms with Gasteiger partial charge in [0, 0.05) is 28.7 Å². The third kappa shape index (κ3) is 3.58. The van der Waals surface area contributed by atoms with Crippen LogP contribution < -0.4 is 4.74 Å². The summed E-state index contributed by atoms with van der Waals surface area (Å²) in [5.41, 5.74) is 2.89. The molecule has 0 saturated heterocycles. The van der Waals surface area contributed by atoms with Gasteiger partial charge in [0.15, 0.2) is 0 Å². The molecule has 6 nitrogen and oxygen atoms in total. The Kier molecular flexibility index (Phi) is 5.23. The smallest absolute Gasteiger partial charge is 0.262 e. The van der Waals surface area contributed by atoms with E-state index in [1.54, 1.807) is 72.5 Å². The van der Waals surface area contributed by atoms with Crippen molar-refractivity contribution in [2.75, 3.05) is 13.7 Å². The third-order valence-electron chi connectivity index (χ3n) is 5.89. The molecule has 1 aliphatic heterocycles. The molecule has 1 aromatic heterocycles. The number of nitrogens with zero attached hydrogens (tertiary/aromatic N) is 2. The topological polar surface area (TPSA) is 68.6 Å². The summed E-state index contributed by atoms with van der Waals surface area (Å²) < 4.78 is 6.95. The number of benzene rings is 3. The van der Waals surface area contributed by atoms with E-state index in [4.69, 9.17) is 16.3 Å². The van der Waals surface area contributed by atoms with E-state index >= 15 is 0 Å². The molecule has 3 aromatic carbocycles. The Morgan fingerprint density at radius 2 is 1.61 bits per heavy atom. The second-order valence-corrected chi connectivity index (χ2v) is 8.21. The zero-order chi connectivity index (χ0) is 23.1. The first-order chi connectivity index (χ1) is 16.0. The van der Waals surface area contributed by atoms with Crippen LogP contribution in [0.3, 0.4) is 0 Å². The number of imide groups is 1. The number of hydrogen-bond acceptors (Lipinski definition) is 4. The molecule has 33 heavy (non-hydrogen) atoms. The van der Waals surface area contributed by atoms with Gasteiger partial charge in [0.2, 0.25) is 0 Å². The first-order valence-corrected chi connectivity index (χ1v) is 10.8. The zero-order valence-electron chi connectivity index (χ0n) is 17.7. The van der Waals surface area contributed by atoms with Gasteiger partial charge in [0.1, 0.15) is 5.75 Å². The van der Waals surface area contributed by atoms with Crippen LogP contribution in [-0.2, 0) is 6.42 Å². The molecule has 0 spiro atoms. The summed E-state index contributed by atoms with van der Waals surface area (Å²) >= 11 is 5.96. The van der Waals surface area contributed by atoms with Crippen LogP contribution in [0.25, 0.3) is 10.9 Å². The average Bonchev–Trinajstić information content (AvgIpc) is 3.32. The maximum atomic E-state index is 13.2. The van der Waals surface area contributed by atoms with Gasteiger partial charge in [-0.1, -0.05) is 23.7 Å². The first-order valence-electron chi connectivity index (χ1n) is 10.4. The largest absolute Gasteiger partial charge is 0.497 e. The van der Waals surface area contributed by atoms with Crippen molar-refractivity contribution in [1.82, 2.24) is 9.47 Å². The van der Waals surface area contributed by atoms with E-state index in [1.165, 1.54) is 4.90 Å². The van der Waals surface area contributed by atoms with E-state index in [0.29, 0.717) is 39.4 Å². The van der Waals surface area contributed by atoms with Gasteiger partial charge in [-0.3, -0.25) is 23.9 Å². The molecule has 0 fully saturated rings. The molecule has 5 rings (SSSR count). The number of fused-ring (bicyclic) bond motifs is 2. The van der Waals surface area contributed by atoms with Gasteiger partial charge in [-0.05, 0) is 66.6 Å². The van der Waals surface area contributed by atoms with Gasteiger partial charge in [0.25, 0.3) is 17.7 Å². The van der Waals surface area contributed by atoms with Gasteiger partial charge in [-0.15, -0.1) is 0 Å². The van der Waals surface area contributed by atoms with Crippen molar-refractivity contribution in [3.8, 4) is 5.75 Å². The highest BCUT2D eigenvalue weighted by Gasteiger charge is 2.34. The van der Waals surface area contributed by atoms with Gasteiger partial charge < -0.3 is 4.74 Å². The standard InChI is InChI=1S/C26H19ClN2O4/c1-33-19-10-11-23-22(14-19)17(15-29(23)24(30)16-6-8-18(27)9-7-16)12-13-28-25(31)20-4-2-3-5-21(20)26(28)32/h2-11,14-15H,12-13H2,1H3. The molecule has 7 heteroatoms. The van der Waals surface area contributed by atoms with E-state index in [9.17, 15) is 14.4 Å². The van der Waals surface area contributed by atoms with Crippen molar-refractivity contribution in [1.29, 1.82) is 0 Å². The van der Waals surface area contributed by atoms with Crippen molar-refractivity contribution in [3.05, 3.63) is 100 Å². The second-order valence-electron chi connectivity index (χ2n) is 7.78. The number of carbonyl (C=O) groups is 3. The molecule has 0 bridgehead atoms. The molecular weight excluding hydrogens is 440 g/mol. The Morgan fingerprint density at radius 3 is 2.24 bits per heavy atom. The van der Waals surface area contributed by atoms with E-state index in [-0.39, 0.29) is 24.3 Å². The molecule has 4 aromatic rings. The fourth-order valence-electron chi connectivity index (χ4n) is 4.18. The average molecular weight is 459 g/mol. The molecule has 2 heterocycles. The lowest BCUT2D eigenvalue weighted by molar-refractivity contribution is 0.0655. The van der Waals surface area contributed by atoms with Gasteiger partial charge in [-0.2, -0.15) is 0 Å². The quantitative estimate of drug-likeness (QED) is 0.402. The number of hydrogen-bond donors (Lipinski definition) is 0. The highest BCUT2D eigenvalue weighted by molar-refractivity contribution is 6.30. The summed E-state index contributed by atoms with van der Waals surface area (Å²) in [6.45, 7) is 0.206. The van der Waals surface area contributed by atoms with Crippen molar-refractivity contribution in [2.24, 2.45) is 0 Å². The minimum absolute atomic E-state index is 0.200. The number of methoxy groups -OCH3 is 1. The normalized spacial score (nSPS) is 13.0. The number of rotatable bonds is 5. The molecule has 0 aliphatic carbocycles.